The predicted octanol–water partition coefficient (Wildman–Crippen LogP) is 6.11. The molecule has 148 valence electrons. The van der Waals surface area contributed by atoms with Crippen molar-refractivity contribution in [3.63, 3.8) is 0 Å². The highest BCUT2D eigenvalue weighted by Gasteiger charge is 2.22. The van der Waals surface area contributed by atoms with E-state index in [1.165, 1.54) is 3.97 Å². The van der Waals surface area contributed by atoms with Gasteiger partial charge in [0, 0.05) is 27.7 Å². The Morgan fingerprint density at radius 2 is 1.61 bits per heavy atom. The SMILES string of the molecule is Cc1c(SCCCCBr)c(-c2ccccc2)cn1S(=O)(=O)Cc1ccccc1. The van der Waals surface area contributed by atoms with Crippen LogP contribution in [-0.4, -0.2) is 23.5 Å². The molecular weight excluding hydrogens is 454 g/mol. The number of rotatable bonds is 9. The molecule has 0 radical (unpaired) electrons. The van der Waals surface area contributed by atoms with Crippen LogP contribution in [-0.2, 0) is 15.8 Å². The molecule has 2 aromatic carbocycles. The first-order chi connectivity index (χ1) is 13.5. The molecule has 1 aromatic heterocycles. The zero-order chi connectivity index (χ0) is 20.0. The van der Waals surface area contributed by atoms with Gasteiger partial charge in [0.2, 0.25) is 10.0 Å². The summed E-state index contributed by atoms with van der Waals surface area (Å²) in [6.07, 6.45) is 3.99. The molecule has 0 saturated carbocycles. The zero-order valence-corrected chi connectivity index (χ0v) is 19.1. The number of unbranched alkanes of at least 4 members (excludes halogenated alkanes) is 1. The molecule has 3 rings (SSSR count). The summed E-state index contributed by atoms with van der Waals surface area (Å²) >= 11 is 5.22. The van der Waals surface area contributed by atoms with Gasteiger partial charge in [0.25, 0.3) is 0 Å². The van der Waals surface area contributed by atoms with Gasteiger partial charge in [-0.2, -0.15) is 0 Å². The Bertz CT molecular complexity index is 1000. The molecule has 0 atom stereocenters. The standard InChI is InChI=1S/C22H24BrNO2S2/c1-18-22(27-15-9-8-14-23)21(20-12-6-3-7-13-20)16-24(18)28(25,26)17-19-10-4-2-5-11-19/h2-7,10-13,16H,8-9,14-15,17H2,1H3. The fourth-order valence-corrected chi connectivity index (χ4v) is 6.25. The number of thioether (sulfide) groups is 1. The van der Waals surface area contributed by atoms with Crippen LogP contribution in [0.15, 0.2) is 71.8 Å². The van der Waals surface area contributed by atoms with Gasteiger partial charge in [-0.1, -0.05) is 76.6 Å². The highest BCUT2D eigenvalue weighted by molar-refractivity contribution is 9.09. The summed E-state index contributed by atoms with van der Waals surface area (Å²) in [5.74, 6) is 0.959. The summed E-state index contributed by atoms with van der Waals surface area (Å²) < 4.78 is 27.8. The third-order valence-electron chi connectivity index (χ3n) is 4.50. The Kier molecular flexibility index (Phi) is 7.43. The molecule has 0 aliphatic heterocycles. The van der Waals surface area contributed by atoms with Gasteiger partial charge in [0.05, 0.1) is 5.75 Å². The molecule has 0 aliphatic carbocycles. The molecule has 0 N–H and O–H groups in total. The molecule has 0 bridgehead atoms. The highest BCUT2D eigenvalue weighted by Crippen LogP contribution is 2.37. The highest BCUT2D eigenvalue weighted by atomic mass is 79.9. The first-order valence-electron chi connectivity index (χ1n) is 9.26. The number of hydrogen-bond donors (Lipinski definition) is 0. The number of benzene rings is 2. The average molecular weight is 478 g/mol. The van der Waals surface area contributed by atoms with Gasteiger partial charge in [-0.15, -0.1) is 11.8 Å². The van der Waals surface area contributed by atoms with E-state index in [0.717, 1.165) is 51.2 Å². The van der Waals surface area contributed by atoms with E-state index >= 15 is 0 Å². The lowest BCUT2D eigenvalue weighted by Gasteiger charge is -2.09. The van der Waals surface area contributed by atoms with Crippen molar-refractivity contribution in [2.45, 2.75) is 30.4 Å². The molecule has 28 heavy (non-hydrogen) atoms. The Labute approximate surface area is 180 Å². The lowest BCUT2D eigenvalue weighted by molar-refractivity contribution is 0.585. The third-order valence-corrected chi connectivity index (χ3v) is 8.04. The molecule has 0 amide bonds. The van der Waals surface area contributed by atoms with Gasteiger partial charge in [-0.25, -0.2) is 12.4 Å². The van der Waals surface area contributed by atoms with Crippen LogP contribution >= 0.6 is 27.7 Å². The van der Waals surface area contributed by atoms with Crippen molar-refractivity contribution in [3.8, 4) is 11.1 Å². The number of alkyl halides is 1. The number of halogens is 1. The van der Waals surface area contributed by atoms with E-state index < -0.39 is 10.0 Å². The predicted molar refractivity (Wildman–Crippen MR) is 123 cm³/mol. The van der Waals surface area contributed by atoms with Crippen LogP contribution in [0.4, 0.5) is 0 Å². The molecule has 3 nitrogen and oxygen atoms in total. The molecule has 6 heteroatoms. The molecule has 0 fully saturated rings. The molecule has 0 aliphatic rings. The molecule has 0 saturated heterocycles. The van der Waals surface area contributed by atoms with Crippen molar-refractivity contribution in [2.75, 3.05) is 11.1 Å². The molecular formula is C22H24BrNO2S2. The third kappa shape index (κ3) is 5.10. The molecule has 1 heterocycles. The van der Waals surface area contributed by atoms with Crippen molar-refractivity contribution in [2.24, 2.45) is 0 Å². The number of hydrogen-bond acceptors (Lipinski definition) is 3. The number of nitrogens with zero attached hydrogens (tertiary/aromatic N) is 1. The summed E-state index contributed by atoms with van der Waals surface area (Å²) in [6, 6.07) is 19.3. The van der Waals surface area contributed by atoms with Crippen LogP contribution in [0.3, 0.4) is 0 Å². The molecule has 3 aromatic rings. The van der Waals surface area contributed by atoms with Gasteiger partial charge in [-0.05, 0) is 36.6 Å². The lowest BCUT2D eigenvalue weighted by Crippen LogP contribution is -2.15. The topological polar surface area (TPSA) is 39.1 Å². The summed E-state index contributed by atoms with van der Waals surface area (Å²) in [5, 5.41) is 0.991. The van der Waals surface area contributed by atoms with Gasteiger partial charge >= 0.3 is 0 Å². The number of aromatic nitrogens is 1. The van der Waals surface area contributed by atoms with E-state index in [-0.39, 0.29) is 5.75 Å². The maximum Gasteiger partial charge on any atom is 0.242 e. The van der Waals surface area contributed by atoms with E-state index in [4.69, 9.17) is 0 Å². The zero-order valence-electron chi connectivity index (χ0n) is 15.8. The Morgan fingerprint density at radius 1 is 0.964 bits per heavy atom. The minimum atomic E-state index is -3.49. The van der Waals surface area contributed by atoms with E-state index in [2.05, 4.69) is 15.9 Å². The minimum absolute atomic E-state index is 0.00865. The summed E-state index contributed by atoms with van der Waals surface area (Å²) in [6.45, 7) is 1.90. The van der Waals surface area contributed by atoms with Crippen molar-refractivity contribution < 1.29 is 8.42 Å². The van der Waals surface area contributed by atoms with Crippen molar-refractivity contribution in [3.05, 3.63) is 78.1 Å². The second-order valence-corrected chi connectivity index (χ2v) is 10.3. The Balaban J connectivity index is 1.98. The minimum Gasteiger partial charge on any atom is -0.248 e. The van der Waals surface area contributed by atoms with Crippen LogP contribution in [0, 0.1) is 6.92 Å². The van der Waals surface area contributed by atoms with Crippen LogP contribution in [0.2, 0.25) is 0 Å². The molecule has 0 spiro atoms. The van der Waals surface area contributed by atoms with Gasteiger partial charge in [0.15, 0.2) is 0 Å². The fraction of sp³-hybridized carbons (Fsp3) is 0.273. The van der Waals surface area contributed by atoms with E-state index in [9.17, 15) is 8.42 Å². The Hall–Kier alpha value is -1.50. The lowest BCUT2D eigenvalue weighted by atomic mass is 10.1. The Morgan fingerprint density at radius 3 is 2.25 bits per heavy atom. The van der Waals surface area contributed by atoms with E-state index in [1.807, 2.05) is 67.6 Å². The van der Waals surface area contributed by atoms with Gasteiger partial charge in [0.1, 0.15) is 0 Å². The largest absolute Gasteiger partial charge is 0.248 e. The average Bonchev–Trinajstić information content (AvgIpc) is 3.04. The smallest absolute Gasteiger partial charge is 0.242 e. The maximum atomic E-state index is 13.1. The van der Waals surface area contributed by atoms with E-state index in [0.29, 0.717) is 0 Å². The monoisotopic (exact) mass is 477 g/mol. The van der Waals surface area contributed by atoms with Crippen LogP contribution in [0.5, 0.6) is 0 Å². The first-order valence-corrected chi connectivity index (χ1v) is 13.0. The van der Waals surface area contributed by atoms with Gasteiger partial charge < -0.3 is 0 Å². The summed E-state index contributed by atoms with van der Waals surface area (Å²) in [7, 11) is -3.49. The van der Waals surface area contributed by atoms with Crippen LogP contribution in [0.1, 0.15) is 24.1 Å². The van der Waals surface area contributed by atoms with E-state index in [1.54, 1.807) is 18.0 Å². The quantitative estimate of drug-likeness (QED) is 0.212. The summed E-state index contributed by atoms with van der Waals surface area (Å²) in [5.41, 5.74) is 3.61. The van der Waals surface area contributed by atoms with Crippen molar-refractivity contribution >= 4 is 37.7 Å². The first kappa shape index (κ1) is 21.2. The van der Waals surface area contributed by atoms with Crippen LogP contribution < -0.4 is 0 Å². The fourth-order valence-electron chi connectivity index (χ4n) is 3.09. The molecule has 0 unspecified atom stereocenters. The van der Waals surface area contributed by atoms with Gasteiger partial charge in [-0.3, -0.25) is 0 Å². The normalized spacial score (nSPS) is 11.6. The van der Waals surface area contributed by atoms with Crippen LogP contribution in [0.25, 0.3) is 11.1 Å². The second-order valence-electron chi connectivity index (χ2n) is 6.61. The van der Waals surface area contributed by atoms with Crippen molar-refractivity contribution in [1.82, 2.24) is 3.97 Å². The summed E-state index contributed by atoms with van der Waals surface area (Å²) in [4.78, 5) is 1.05. The maximum absolute atomic E-state index is 13.1. The second kappa shape index (κ2) is 9.81. The van der Waals surface area contributed by atoms with Crippen molar-refractivity contribution in [1.29, 1.82) is 0 Å².